The van der Waals surface area contributed by atoms with Crippen molar-refractivity contribution < 1.29 is 0 Å². The molecule has 0 aliphatic carbocycles. The summed E-state index contributed by atoms with van der Waals surface area (Å²) in [5, 5.41) is 0. The quantitative estimate of drug-likeness (QED) is 0.690. The molecule has 0 aromatic carbocycles. The van der Waals surface area contributed by atoms with Crippen LogP contribution < -0.4 is 5.73 Å². The van der Waals surface area contributed by atoms with E-state index in [1.165, 1.54) is 31.6 Å². The molecular weight excluding hydrogens is 162 g/mol. The topological polar surface area (TPSA) is 41.6 Å². The summed E-state index contributed by atoms with van der Waals surface area (Å²) in [4.78, 5) is 6.84. The van der Waals surface area contributed by atoms with Gasteiger partial charge >= 0.3 is 0 Å². The number of nitrogens with two attached hydrogens (primary N) is 1. The summed E-state index contributed by atoms with van der Waals surface area (Å²) in [6, 6.07) is 0. The van der Waals surface area contributed by atoms with Gasteiger partial charge in [-0.2, -0.15) is 0 Å². The minimum atomic E-state index is 0.921. The maximum absolute atomic E-state index is 5.65. The van der Waals surface area contributed by atoms with Crippen LogP contribution in [0.3, 0.4) is 0 Å². The molecule has 0 amide bonds. The zero-order valence-corrected chi connectivity index (χ0v) is 8.00. The zero-order chi connectivity index (χ0) is 9.10. The third-order valence-corrected chi connectivity index (χ3v) is 2.72. The van der Waals surface area contributed by atoms with E-state index in [1.54, 1.807) is 0 Å². The molecule has 0 aromatic heterocycles. The number of hydrogen-bond acceptors (Lipinski definition) is 3. The predicted octanol–water partition coefficient (Wildman–Crippen LogP) is 1.12. The van der Waals surface area contributed by atoms with E-state index in [0.29, 0.717) is 0 Å². The fourth-order valence-corrected chi connectivity index (χ4v) is 1.91. The average molecular weight is 179 g/mol. The van der Waals surface area contributed by atoms with E-state index in [0.717, 1.165) is 25.1 Å². The van der Waals surface area contributed by atoms with Crippen LogP contribution >= 0.6 is 0 Å². The van der Waals surface area contributed by atoms with Gasteiger partial charge in [0.15, 0.2) is 0 Å². The zero-order valence-electron chi connectivity index (χ0n) is 8.00. The lowest BCUT2D eigenvalue weighted by atomic mass is 10.1. The Balaban J connectivity index is 1.87. The number of likely N-dealkylation sites (tertiary alicyclic amines) is 1. The molecule has 1 fully saturated rings. The van der Waals surface area contributed by atoms with Crippen LogP contribution in [0.5, 0.6) is 0 Å². The highest BCUT2D eigenvalue weighted by atomic mass is 15.1. The largest absolute Gasteiger partial charge is 0.401 e. The van der Waals surface area contributed by atoms with E-state index in [-0.39, 0.29) is 0 Å². The molecule has 1 saturated heterocycles. The molecule has 2 N–H and O–H groups in total. The Kier molecular flexibility index (Phi) is 2.64. The van der Waals surface area contributed by atoms with Crippen molar-refractivity contribution >= 4 is 5.71 Å². The van der Waals surface area contributed by atoms with Gasteiger partial charge in [0.05, 0.1) is 0 Å². The van der Waals surface area contributed by atoms with E-state index in [2.05, 4.69) is 9.89 Å². The van der Waals surface area contributed by atoms with Crippen molar-refractivity contribution in [2.45, 2.75) is 25.7 Å². The minimum absolute atomic E-state index is 0.921. The molecule has 0 saturated carbocycles. The first-order valence-electron chi connectivity index (χ1n) is 5.07. The third-order valence-electron chi connectivity index (χ3n) is 2.72. The predicted molar refractivity (Wildman–Crippen MR) is 54.6 cm³/mol. The Hall–Kier alpha value is -0.830. The summed E-state index contributed by atoms with van der Waals surface area (Å²) < 4.78 is 0. The molecule has 0 radical (unpaired) electrons. The van der Waals surface area contributed by atoms with Gasteiger partial charge in [-0.3, -0.25) is 9.89 Å². The van der Waals surface area contributed by atoms with Gasteiger partial charge < -0.3 is 5.73 Å². The highest BCUT2D eigenvalue weighted by Gasteiger charge is 2.14. The first-order chi connectivity index (χ1) is 6.34. The lowest BCUT2D eigenvalue weighted by molar-refractivity contribution is 0.386. The van der Waals surface area contributed by atoms with Crippen molar-refractivity contribution in [2.24, 2.45) is 10.7 Å². The Bertz CT molecular complexity index is 237. The Morgan fingerprint density at radius 1 is 1.31 bits per heavy atom. The van der Waals surface area contributed by atoms with Gasteiger partial charge in [0, 0.05) is 24.2 Å². The van der Waals surface area contributed by atoms with Gasteiger partial charge in [0.1, 0.15) is 0 Å². The lowest BCUT2D eigenvalue weighted by Gasteiger charge is -2.17. The summed E-state index contributed by atoms with van der Waals surface area (Å²) in [6.07, 6.45) is 6.57. The van der Waals surface area contributed by atoms with Crippen molar-refractivity contribution in [3.05, 3.63) is 11.9 Å². The van der Waals surface area contributed by atoms with Crippen LogP contribution in [-0.4, -0.2) is 30.2 Å². The van der Waals surface area contributed by atoms with Crippen LogP contribution in [-0.2, 0) is 0 Å². The summed E-state index contributed by atoms with van der Waals surface area (Å²) in [5.74, 6) is 0. The molecule has 3 nitrogen and oxygen atoms in total. The molecular formula is C10H17N3. The van der Waals surface area contributed by atoms with Gasteiger partial charge in [-0.1, -0.05) is 0 Å². The van der Waals surface area contributed by atoms with Crippen LogP contribution in [0.1, 0.15) is 25.7 Å². The molecule has 3 heteroatoms. The monoisotopic (exact) mass is 179 g/mol. The maximum atomic E-state index is 5.65. The molecule has 0 atom stereocenters. The van der Waals surface area contributed by atoms with Crippen LogP contribution in [0.2, 0.25) is 0 Å². The second-order valence-electron chi connectivity index (χ2n) is 3.88. The van der Waals surface area contributed by atoms with Crippen LogP contribution in [0.25, 0.3) is 0 Å². The number of allylic oxidation sites excluding steroid dienone is 1. The second-order valence-corrected chi connectivity index (χ2v) is 3.88. The van der Waals surface area contributed by atoms with E-state index in [1.807, 2.05) is 6.20 Å². The van der Waals surface area contributed by atoms with Gasteiger partial charge in [-0.25, -0.2) is 0 Å². The molecule has 0 aromatic rings. The lowest BCUT2D eigenvalue weighted by Crippen LogP contribution is -2.27. The number of rotatable bonds is 2. The Morgan fingerprint density at radius 3 is 2.69 bits per heavy atom. The maximum Gasteiger partial charge on any atom is 0.0455 e. The van der Waals surface area contributed by atoms with E-state index in [4.69, 9.17) is 5.73 Å². The van der Waals surface area contributed by atoms with Crippen molar-refractivity contribution in [2.75, 3.05) is 19.6 Å². The Labute approximate surface area is 79.3 Å². The molecule has 2 heterocycles. The number of nitrogens with zero attached hydrogens (tertiary/aromatic N) is 2. The first-order valence-corrected chi connectivity index (χ1v) is 5.07. The first kappa shape index (κ1) is 8.75. The Morgan fingerprint density at radius 2 is 2.08 bits per heavy atom. The molecule has 2 aliphatic heterocycles. The summed E-state index contributed by atoms with van der Waals surface area (Å²) >= 11 is 0. The molecule has 0 bridgehead atoms. The van der Waals surface area contributed by atoms with Gasteiger partial charge in [-0.15, -0.1) is 0 Å². The molecule has 0 spiro atoms. The van der Waals surface area contributed by atoms with E-state index in [9.17, 15) is 0 Å². The highest BCUT2D eigenvalue weighted by molar-refractivity contribution is 5.87. The number of aliphatic imine (C=N–C) groups is 1. The average Bonchev–Trinajstić information content (AvgIpc) is 2.62. The molecule has 13 heavy (non-hydrogen) atoms. The smallest absolute Gasteiger partial charge is 0.0455 e. The fraction of sp³-hybridized carbons (Fsp3) is 0.700. The van der Waals surface area contributed by atoms with Gasteiger partial charge in [-0.05, 0) is 38.8 Å². The van der Waals surface area contributed by atoms with E-state index >= 15 is 0 Å². The van der Waals surface area contributed by atoms with Crippen molar-refractivity contribution in [3.63, 3.8) is 0 Å². The standard InChI is InChI=1S/C10H17N3/c11-9-3-4-10(12-7-9)8-13-5-1-2-6-13/h7H,1-6,8,11H2. The second kappa shape index (κ2) is 3.92. The molecule has 0 unspecified atom stereocenters. The van der Waals surface area contributed by atoms with Crippen LogP contribution in [0, 0.1) is 0 Å². The number of hydrogen-bond donors (Lipinski definition) is 1. The molecule has 2 rings (SSSR count). The summed E-state index contributed by atoms with van der Waals surface area (Å²) in [6.45, 7) is 3.56. The highest BCUT2D eigenvalue weighted by Crippen LogP contribution is 2.12. The summed E-state index contributed by atoms with van der Waals surface area (Å²) in [7, 11) is 0. The summed E-state index contributed by atoms with van der Waals surface area (Å²) in [5.41, 5.74) is 7.87. The molecule has 72 valence electrons. The van der Waals surface area contributed by atoms with Crippen molar-refractivity contribution in [3.8, 4) is 0 Å². The van der Waals surface area contributed by atoms with E-state index < -0.39 is 0 Å². The van der Waals surface area contributed by atoms with Crippen LogP contribution in [0.4, 0.5) is 0 Å². The normalized spacial score (nSPS) is 24.3. The SMILES string of the molecule is NC1=CN=C(CN2CCCC2)CC1. The van der Waals surface area contributed by atoms with Gasteiger partial charge in [0.2, 0.25) is 0 Å². The van der Waals surface area contributed by atoms with Crippen molar-refractivity contribution in [1.29, 1.82) is 0 Å². The fourth-order valence-electron chi connectivity index (χ4n) is 1.91. The van der Waals surface area contributed by atoms with Gasteiger partial charge in [0.25, 0.3) is 0 Å². The minimum Gasteiger partial charge on any atom is -0.401 e. The third kappa shape index (κ3) is 2.31. The van der Waals surface area contributed by atoms with Crippen molar-refractivity contribution in [1.82, 2.24) is 4.90 Å². The van der Waals surface area contributed by atoms with Crippen LogP contribution in [0.15, 0.2) is 16.9 Å². The molecule has 2 aliphatic rings.